The Kier molecular flexibility index (Phi) is 5.93. The molecule has 0 radical (unpaired) electrons. The highest BCUT2D eigenvalue weighted by atomic mass is 19.1. The standard InChI is InChI=1S/C21H20FN3O/c22-18-10-4-5-11-19(18)25-21(26)17-12-14-24-20(15-17)23-13-6-9-16-7-2-1-3-8-16/h1-5,7-8,10-12,14-15H,6,9,13H2,(H,23,24)(H,25,26). The van der Waals surface area contributed by atoms with Gasteiger partial charge in [-0.1, -0.05) is 42.5 Å². The van der Waals surface area contributed by atoms with Crippen LogP contribution in [0.4, 0.5) is 15.9 Å². The van der Waals surface area contributed by atoms with Gasteiger partial charge in [0.05, 0.1) is 5.69 Å². The van der Waals surface area contributed by atoms with Crippen molar-refractivity contribution in [3.63, 3.8) is 0 Å². The number of anilines is 2. The molecular weight excluding hydrogens is 329 g/mol. The van der Waals surface area contributed by atoms with E-state index in [2.05, 4.69) is 27.8 Å². The summed E-state index contributed by atoms with van der Waals surface area (Å²) in [5.74, 6) is -0.210. The average Bonchev–Trinajstić information content (AvgIpc) is 2.68. The van der Waals surface area contributed by atoms with E-state index in [1.54, 1.807) is 30.5 Å². The molecule has 0 aliphatic rings. The first-order valence-electron chi connectivity index (χ1n) is 8.52. The van der Waals surface area contributed by atoms with E-state index in [0.717, 1.165) is 19.4 Å². The summed E-state index contributed by atoms with van der Waals surface area (Å²) in [4.78, 5) is 16.5. The maximum atomic E-state index is 13.7. The van der Waals surface area contributed by atoms with E-state index in [0.29, 0.717) is 11.4 Å². The lowest BCUT2D eigenvalue weighted by molar-refractivity contribution is 0.102. The van der Waals surface area contributed by atoms with Crippen molar-refractivity contribution in [2.24, 2.45) is 0 Å². The number of hydrogen-bond acceptors (Lipinski definition) is 3. The SMILES string of the molecule is O=C(Nc1ccccc1F)c1ccnc(NCCCc2ccccc2)c1. The molecule has 3 aromatic rings. The van der Waals surface area contributed by atoms with E-state index >= 15 is 0 Å². The fraction of sp³-hybridized carbons (Fsp3) is 0.143. The van der Waals surface area contributed by atoms with E-state index in [1.165, 1.54) is 17.7 Å². The summed E-state index contributed by atoms with van der Waals surface area (Å²) in [5.41, 5.74) is 1.88. The average molecular weight is 349 g/mol. The zero-order chi connectivity index (χ0) is 18.2. The lowest BCUT2D eigenvalue weighted by Gasteiger charge is -2.09. The first-order chi connectivity index (χ1) is 12.7. The van der Waals surface area contributed by atoms with Gasteiger partial charge in [0.15, 0.2) is 0 Å². The van der Waals surface area contributed by atoms with Crippen LogP contribution < -0.4 is 10.6 Å². The van der Waals surface area contributed by atoms with Crippen molar-refractivity contribution in [3.8, 4) is 0 Å². The molecular formula is C21H20FN3O. The third-order valence-corrected chi connectivity index (χ3v) is 3.94. The number of benzene rings is 2. The summed E-state index contributed by atoms with van der Waals surface area (Å²) in [7, 11) is 0. The van der Waals surface area contributed by atoms with Crippen LogP contribution in [0.15, 0.2) is 72.9 Å². The molecule has 2 aromatic carbocycles. The van der Waals surface area contributed by atoms with Crippen LogP contribution in [0.1, 0.15) is 22.3 Å². The topological polar surface area (TPSA) is 54.0 Å². The number of pyridine rings is 1. The fourth-order valence-corrected chi connectivity index (χ4v) is 2.58. The minimum Gasteiger partial charge on any atom is -0.370 e. The third kappa shape index (κ3) is 4.89. The molecule has 0 bridgehead atoms. The van der Waals surface area contributed by atoms with Crippen molar-refractivity contribution in [2.75, 3.05) is 17.2 Å². The van der Waals surface area contributed by atoms with Gasteiger partial charge in [-0.2, -0.15) is 0 Å². The Morgan fingerprint density at radius 2 is 1.77 bits per heavy atom. The summed E-state index contributed by atoms with van der Waals surface area (Å²) in [6, 6.07) is 19.6. The molecule has 0 spiro atoms. The largest absolute Gasteiger partial charge is 0.370 e. The smallest absolute Gasteiger partial charge is 0.255 e. The minimum atomic E-state index is -0.464. The number of aromatic nitrogens is 1. The van der Waals surface area contributed by atoms with Gasteiger partial charge in [0, 0.05) is 18.3 Å². The second kappa shape index (κ2) is 8.76. The molecule has 1 aromatic heterocycles. The molecule has 0 saturated carbocycles. The molecule has 5 heteroatoms. The molecule has 0 aliphatic heterocycles. The van der Waals surface area contributed by atoms with Crippen LogP contribution in [-0.4, -0.2) is 17.4 Å². The molecule has 0 fully saturated rings. The summed E-state index contributed by atoms with van der Waals surface area (Å²) >= 11 is 0. The number of halogens is 1. The second-order valence-corrected chi connectivity index (χ2v) is 5.88. The molecule has 0 unspecified atom stereocenters. The van der Waals surface area contributed by atoms with Gasteiger partial charge in [-0.15, -0.1) is 0 Å². The van der Waals surface area contributed by atoms with Crippen LogP contribution in [0.25, 0.3) is 0 Å². The van der Waals surface area contributed by atoms with Crippen LogP contribution in [-0.2, 0) is 6.42 Å². The summed E-state index contributed by atoms with van der Waals surface area (Å²) in [5, 5.41) is 5.79. The normalized spacial score (nSPS) is 10.3. The Bertz CT molecular complexity index is 868. The molecule has 0 saturated heterocycles. The first-order valence-corrected chi connectivity index (χ1v) is 8.52. The van der Waals surface area contributed by atoms with Gasteiger partial charge in [0.25, 0.3) is 5.91 Å². The molecule has 26 heavy (non-hydrogen) atoms. The number of carbonyl (C=O) groups is 1. The third-order valence-electron chi connectivity index (χ3n) is 3.94. The quantitative estimate of drug-likeness (QED) is 0.617. The lowest BCUT2D eigenvalue weighted by Crippen LogP contribution is -2.14. The van der Waals surface area contributed by atoms with Gasteiger partial charge in [0.1, 0.15) is 11.6 Å². The van der Waals surface area contributed by atoms with E-state index in [-0.39, 0.29) is 11.6 Å². The van der Waals surface area contributed by atoms with E-state index in [9.17, 15) is 9.18 Å². The molecule has 2 N–H and O–H groups in total. The van der Waals surface area contributed by atoms with Crippen LogP contribution in [0, 0.1) is 5.82 Å². The summed E-state index contributed by atoms with van der Waals surface area (Å²) in [6.45, 7) is 0.750. The maximum absolute atomic E-state index is 13.7. The summed E-state index contributed by atoms with van der Waals surface area (Å²) < 4.78 is 13.7. The number of amides is 1. The number of carbonyl (C=O) groups excluding carboxylic acids is 1. The molecule has 1 heterocycles. The number of aryl methyl sites for hydroxylation is 1. The van der Waals surface area contributed by atoms with Gasteiger partial charge < -0.3 is 10.6 Å². The molecule has 4 nitrogen and oxygen atoms in total. The molecule has 0 aliphatic carbocycles. The number of rotatable bonds is 7. The van der Waals surface area contributed by atoms with Crippen molar-refractivity contribution in [1.82, 2.24) is 4.98 Å². The van der Waals surface area contributed by atoms with Crippen molar-refractivity contribution in [2.45, 2.75) is 12.8 Å². The Morgan fingerprint density at radius 3 is 2.58 bits per heavy atom. The van der Waals surface area contributed by atoms with Gasteiger partial charge in [-0.05, 0) is 42.7 Å². The Labute approximate surface area is 152 Å². The van der Waals surface area contributed by atoms with Crippen molar-refractivity contribution >= 4 is 17.4 Å². The van der Waals surface area contributed by atoms with Gasteiger partial charge in [0.2, 0.25) is 0 Å². The fourth-order valence-electron chi connectivity index (χ4n) is 2.58. The maximum Gasteiger partial charge on any atom is 0.255 e. The highest BCUT2D eigenvalue weighted by Crippen LogP contribution is 2.15. The second-order valence-electron chi connectivity index (χ2n) is 5.88. The Morgan fingerprint density at radius 1 is 1.00 bits per heavy atom. The number of para-hydroxylation sites is 1. The summed E-state index contributed by atoms with van der Waals surface area (Å²) in [6.07, 6.45) is 3.49. The first kappa shape index (κ1) is 17.6. The predicted molar refractivity (Wildman–Crippen MR) is 102 cm³/mol. The lowest BCUT2D eigenvalue weighted by atomic mass is 10.1. The number of nitrogens with one attached hydrogen (secondary N) is 2. The van der Waals surface area contributed by atoms with Crippen LogP contribution in [0.3, 0.4) is 0 Å². The Balaban J connectivity index is 1.54. The van der Waals surface area contributed by atoms with E-state index in [4.69, 9.17) is 0 Å². The minimum absolute atomic E-state index is 0.159. The van der Waals surface area contributed by atoms with Gasteiger partial charge in [-0.25, -0.2) is 9.37 Å². The molecule has 132 valence electrons. The van der Waals surface area contributed by atoms with Crippen molar-refractivity contribution in [1.29, 1.82) is 0 Å². The van der Waals surface area contributed by atoms with E-state index in [1.807, 2.05) is 18.2 Å². The van der Waals surface area contributed by atoms with Crippen LogP contribution >= 0.6 is 0 Å². The molecule has 3 rings (SSSR count). The van der Waals surface area contributed by atoms with Gasteiger partial charge in [-0.3, -0.25) is 4.79 Å². The van der Waals surface area contributed by atoms with Gasteiger partial charge >= 0.3 is 0 Å². The van der Waals surface area contributed by atoms with E-state index < -0.39 is 5.82 Å². The molecule has 0 atom stereocenters. The monoisotopic (exact) mass is 349 g/mol. The van der Waals surface area contributed by atoms with Crippen LogP contribution in [0.5, 0.6) is 0 Å². The van der Waals surface area contributed by atoms with Crippen LogP contribution in [0.2, 0.25) is 0 Å². The molecule has 1 amide bonds. The highest BCUT2D eigenvalue weighted by molar-refractivity contribution is 6.04. The van der Waals surface area contributed by atoms with Crippen molar-refractivity contribution < 1.29 is 9.18 Å². The van der Waals surface area contributed by atoms with Crippen molar-refractivity contribution in [3.05, 3.63) is 89.9 Å². The Hall–Kier alpha value is -3.21. The zero-order valence-corrected chi connectivity index (χ0v) is 14.3. The zero-order valence-electron chi connectivity index (χ0n) is 14.3. The predicted octanol–water partition coefficient (Wildman–Crippen LogP) is 4.52. The number of nitrogens with zero attached hydrogens (tertiary/aromatic N) is 1. The number of hydrogen-bond donors (Lipinski definition) is 2. The highest BCUT2D eigenvalue weighted by Gasteiger charge is 2.09.